The van der Waals surface area contributed by atoms with Gasteiger partial charge in [0, 0.05) is 18.2 Å². The van der Waals surface area contributed by atoms with E-state index in [1.807, 2.05) is 30.3 Å². The Kier molecular flexibility index (Phi) is 6.54. The highest BCUT2D eigenvalue weighted by molar-refractivity contribution is 5.44. The first-order valence-electron chi connectivity index (χ1n) is 10.3. The van der Waals surface area contributed by atoms with E-state index in [-0.39, 0.29) is 6.04 Å². The van der Waals surface area contributed by atoms with Crippen LogP contribution < -0.4 is 14.2 Å². The number of hydrogen-bond acceptors (Lipinski definition) is 6. The van der Waals surface area contributed by atoms with Crippen LogP contribution in [0.2, 0.25) is 0 Å². The standard InChI is InChI=1S/C23H29NO5/c1-26-21-7-3-2-5-18(21)15-27-16-19(25)14-24-10-4-6-20(24)17-8-9-22-23(13-17)29-12-11-28-22/h2-3,5,7-9,13,19-20,25H,4,6,10-12,14-16H2,1H3/t19-,20-/m0/s1. The minimum absolute atomic E-state index is 0.287. The number of likely N-dealkylation sites (tertiary alicyclic amines) is 1. The molecule has 0 spiro atoms. The number of fused-ring (bicyclic) bond motifs is 1. The maximum atomic E-state index is 10.5. The number of β-amino-alcohol motifs (C(OH)–C–C–N with tert-alkyl or cyclic N) is 1. The van der Waals surface area contributed by atoms with Gasteiger partial charge in [0.1, 0.15) is 19.0 Å². The van der Waals surface area contributed by atoms with Crippen molar-refractivity contribution in [3.63, 3.8) is 0 Å². The average molecular weight is 399 g/mol. The Morgan fingerprint density at radius 1 is 1.14 bits per heavy atom. The van der Waals surface area contributed by atoms with Crippen molar-refractivity contribution in [3.05, 3.63) is 53.6 Å². The van der Waals surface area contributed by atoms with E-state index >= 15 is 0 Å². The second kappa shape index (κ2) is 9.48. The molecule has 0 saturated carbocycles. The predicted molar refractivity (Wildman–Crippen MR) is 110 cm³/mol. The number of ether oxygens (including phenoxy) is 4. The van der Waals surface area contributed by atoms with Gasteiger partial charge in [-0.15, -0.1) is 0 Å². The van der Waals surface area contributed by atoms with Crippen LogP contribution in [0, 0.1) is 0 Å². The van der Waals surface area contributed by atoms with Crippen molar-refractivity contribution < 1.29 is 24.1 Å². The fraction of sp³-hybridized carbons (Fsp3) is 0.478. The van der Waals surface area contributed by atoms with Gasteiger partial charge >= 0.3 is 0 Å². The third-order valence-corrected chi connectivity index (χ3v) is 5.52. The first kappa shape index (κ1) is 20.0. The van der Waals surface area contributed by atoms with Crippen molar-refractivity contribution in [1.82, 2.24) is 4.90 Å². The van der Waals surface area contributed by atoms with Crippen molar-refractivity contribution in [3.8, 4) is 17.2 Å². The fourth-order valence-corrected chi connectivity index (χ4v) is 4.14. The molecule has 0 bridgehead atoms. The molecule has 2 aromatic carbocycles. The van der Waals surface area contributed by atoms with Crippen molar-refractivity contribution in [2.24, 2.45) is 0 Å². The minimum atomic E-state index is -0.539. The molecule has 29 heavy (non-hydrogen) atoms. The molecule has 2 aromatic rings. The summed E-state index contributed by atoms with van der Waals surface area (Å²) in [4.78, 5) is 2.34. The topological polar surface area (TPSA) is 60.4 Å². The molecule has 0 amide bonds. The van der Waals surface area contributed by atoms with Crippen LogP contribution in [0.4, 0.5) is 0 Å². The number of benzene rings is 2. The molecule has 0 unspecified atom stereocenters. The van der Waals surface area contributed by atoms with Gasteiger partial charge in [0.25, 0.3) is 0 Å². The highest BCUT2D eigenvalue weighted by Gasteiger charge is 2.28. The number of para-hydroxylation sites is 1. The molecule has 2 aliphatic rings. The smallest absolute Gasteiger partial charge is 0.161 e. The normalized spacial score (nSPS) is 19.9. The molecule has 156 valence electrons. The van der Waals surface area contributed by atoms with Crippen LogP contribution in [-0.4, -0.2) is 56.1 Å². The van der Waals surface area contributed by atoms with Gasteiger partial charge in [0.2, 0.25) is 0 Å². The van der Waals surface area contributed by atoms with E-state index < -0.39 is 6.10 Å². The third kappa shape index (κ3) is 4.83. The van der Waals surface area contributed by atoms with Gasteiger partial charge in [-0.2, -0.15) is 0 Å². The van der Waals surface area contributed by atoms with Gasteiger partial charge in [-0.1, -0.05) is 24.3 Å². The molecule has 4 rings (SSSR count). The summed E-state index contributed by atoms with van der Waals surface area (Å²) >= 11 is 0. The molecule has 1 N–H and O–H groups in total. The lowest BCUT2D eigenvalue weighted by Crippen LogP contribution is -2.34. The molecule has 0 aromatic heterocycles. The summed E-state index contributed by atoms with van der Waals surface area (Å²) in [5.74, 6) is 2.44. The molecule has 1 saturated heterocycles. The van der Waals surface area contributed by atoms with E-state index in [2.05, 4.69) is 17.0 Å². The number of rotatable bonds is 8. The summed E-state index contributed by atoms with van der Waals surface area (Å²) in [7, 11) is 1.65. The lowest BCUT2D eigenvalue weighted by Gasteiger charge is -2.28. The Hall–Kier alpha value is -2.28. The second-order valence-corrected chi connectivity index (χ2v) is 7.54. The second-order valence-electron chi connectivity index (χ2n) is 7.54. The van der Waals surface area contributed by atoms with Gasteiger partial charge in [-0.05, 0) is 43.1 Å². The zero-order valence-corrected chi connectivity index (χ0v) is 16.9. The lowest BCUT2D eigenvalue weighted by atomic mass is 10.0. The van der Waals surface area contributed by atoms with Crippen molar-refractivity contribution in [2.75, 3.05) is 40.0 Å². The van der Waals surface area contributed by atoms with E-state index in [0.717, 1.165) is 42.2 Å². The average Bonchev–Trinajstić information content (AvgIpc) is 3.21. The third-order valence-electron chi connectivity index (χ3n) is 5.52. The molecule has 2 aliphatic heterocycles. The highest BCUT2D eigenvalue weighted by Crippen LogP contribution is 2.38. The number of nitrogens with zero attached hydrogens (tertiary/aromatic N) is 1. The zero-order chi connectivity index (χ0) is 20.1. The fourth-order valence-electron chi connectivity index (χ4n) is 4.14. The number of methoxy groups -OCH3 is 1. The van der Waals surface area contributed by atoms with Gasteiger partial charge in [0.05, 0.1) is 26.4 Å². The predicted octanol–water partition coefficient (Wildman–Crippen LogP) is 3.18. The largest absolute Gasteiger partial charge is 0.496 e. The maximum absolute atomic E-state index is 10.5. The van der Waals surface area contributed by atoms with E-state index in [4.69, 9.17) is 18.9 Å². The van der Waals surface area contributed by atoms with Crippen LogP contribution in [0.25, 0.3) is 0 Å². The van der Waals surface area contributed by atoms with Crippen LogP contribution >= 0.6 is 0 Å². The van der Waals surface area contributed by atoms with Crippen LogP contribution in [-0.2, 0) is 11.3 Å². The number of aliphatic hydroxyl groups excluding tert-OH is 1. The maximum Gasteiger partial charge on any atom is 0.161 e. The quantitative estimate of drug-likeness (QED) is 0.736. The van der Waals surface area contributed by atoms with Crippen LogP contribution in [0.5, 0.6) is 17.2 Å². The van der Waals surface area contributed by atoms with Crippen molar-refractivity contribution in [2.45, 2.75) is 31.6 Å². The monoisotopic (exact) mass is 399 g/mol. The van der Waals surface area contributed by atoms with E-state index in [9.17, 15) is 5.11 Å². The summed E-state index contributed by atoms with van der Waals surface area (Å²) < 4.78 is 22.5. The van der Waals surface area contributed by atoms with Crippen molar-refractivity contribution >= 4 is 0 Å². The molecule has 0 aliphatic carbocycles. The summed E-state index contributed by atoms with van der Waals surface area (Å²) in [5, 5.41) is 10.5. The zero-order valence-electron chi connectivity index (χ0n) is 16.9. The molecule has 0 radical (unpaired) electrons. The molecule has 1 fully saturated rings. The Labute approximate surface area is 171 Å². The van der Waals surface area contributed by atoms with Crippen LogP contribution in [0.1, 0.15) is 30.0 Å². The molecular formula is C23H29NO5. The van der Waals surface area contributed by atoms with Gasteiger partial charge < -0.3 is 24.1 Å². The molecule has 2 heterocycles. The van der Waals surface area contributed by atoms with E-state index in [1.165, 1.54) is 5.56 Å². The van der Waals surface area contributed by atoms with Gasteiger partial charge in [-0.25, -0.2) is 0 Å². The van der Waals surface area contributed by atoms with Crippen LogP contribution in [0.3, 0.4) is 0 Å². The van der Waals surface area contributed by atoms with E-state index in [1.54, 1.807) is 7.11 Å². The lowest BCUT2D eigenvalue weighted by molar-refractivity contribution is 0.00722. The first-order chi connectivity index (χ1) is 14.2. The Balaban J connectivity index is 1.31. The molecule has 6 heteroatoms. The van der Waals surface area contributed by atoms with E-state index in [0.29, 0.717) is 33.0 Å². The number of hydrogen-bond donors (Lipinski definition) is 1. The minimum Gasteiger partial charge on any atom is -0.496 e. The van der Waals surface area contributed by atoms with Crippen LogP contribution in [0.15, 0.2) is 42.5 Å². The molecule has 2 atom stereocenters. The Morgan fingerprint density at radius 3 is 2.83 bits per heavy atom. The Morgan fingerprint density at radius 2 is 1.97 bits per heavy atom. The Bertz CT molecular complexity index is 812. The molecular weight excluding hydrogens is 370 g/mol. The summed E-state index contributed by atoms with van der Waals surface area (Å²) in [6.45, 7) is 3.47. The first-order valence-corrected chi connectivity index (χ1v) is 10.3. The summed E-state index contributed by atoms with van der Waals surface area (Å²) in [5.41, 5.74) is 2.20. The number of aliphatic hydroxyl groups is 1. The SMILES string of the molecule is COc1ccccc1COC[C@@H](O)CN1CCC[C@H]1c1ccc2c(c1)OCCO2. The van der Waals surface area contributed by atoms with Gasteiger partial charge in [-0.3, -0.25) is 4.90 Å². The summed E-state index contributed by atoms with van der Waals surface area (Å²) in [6, 6.07) is 14.3. The van der Waals surface area contributed by atoms with Gasteiger partial charge in [0.15, 0.2) is 11.5 Å². The van der Waals surface area contributed by atoms with Crippen molar-refractivity contribution in [1.29, 1.82) is 0 Å². The highest BCUT2D eigenvalue weighted by atomic mass is 16.6. The molecule has 6 nitrogen and oxygen atoms in total. The summed E-state index contributed by atoms with van der Waals surface area (Å²) in [6.07, 6.45) is 1.66.